The lowest BCUT2D eigenvalue weighted by Gasteiger charge is -2.05. The Morgan fingerprint density at radius 1 is 1.36 bits per heavy atom. The molecule has 0 spiro atoms. The highest BCUT2D eigenvalue weighted by Gasteiger charge is 2.35. The molecule has 2 rings (SSSR count). The second kappa shape index (κ2) is 8.10. The van der Waals surface area contributed by atoms with Gasteiger partial charge in [-0.15, -0.1) is 0 Å². The molecule has 0 aliphatic rings. The van der Waals surface area contributed by atoms with Crippen LogP contribution in [0.5, 0.6) is 0 Å². The number of hydrogen-bond acceptors (Lipinski definition) is 5. The summed E-state index contributed by atoms with van der Waals surface area (Å²) in [5.41, 5.74) is -1.92. The second-order valence-electron chi connectivity index (χ2n) is 5.34. The van der Waals surface area contributed by atoms with Crippen LogP contribution >= 0.6 is 0 Å². The van der Waals surface area contributed by atoms with Crippen LogP contribution in [0.15, 0.2) is 18.2 Å². The normalized spacial score (nSPS) is 9.93. The fourth-order valence-electron chi connectivity index (χ4n) is 2.40. The Labute approximate surface area is 157 Å². The van der Waals surface area contributed by atoms with E-state index in [1.54, 1.807) is 6.07 Å². The van der Waals surface area contributed by atoms with E-state index in [0.717, 1.165) is 22.8 Å². The number of Topliss-reactive ketones (excluding diaryl/α,β-unsaturated/α-hetero) is 1. The van der Waals surface area contributed by atoms with Crippen LogP contribution in [0.25, 0.3) is 4.85 Å². The first-order valence-corrected chi connectivity index (χ1v) is 7.74. The molecule has 0 saturated carbocycles. The predicted molar refractivity (Wildman–Crippen MR) is 91.7 cm³/mol. The van der Waals surface area contributed by atoms with Crippen LogP contribution in [0.1, 0.15) is 33.3 Å². The molecule has 1 amide bonds. The van der Waals surface area contributed by atoms with Gasteiger partial charge in [0.15, 0.2) is 5.82 Å². The number of amides is 1. The van der Waals surface area contributed by atoms with Crippen molar-refractivity contribution in [2.75, 3.05) is 11.9 Å². The smallest absolute Gasteiger partial charge is 0.378 e. The molecule has 0 aliphatic heterocycles. The highest BCUT2D eigenvalue weighted by molar-refractivity contribution is 6.42. The number of rotatable bonds is 5. The van der Waals surface area contributed by atoms with Crippen LogP contribution in [0.3, 0.4) is 0 Å². The van der Waals surface area contributed by atoms with Gasteiger partial charge in [-0.2, -0.15) is 5.26 Å². The first-order chi connectivity index (χ1) is 13.3. The molecule has 0 unspecified atom stereocenters. The molecule has 142 valence electrons. The van der Waals surface area contributed by atoms with Crippen molar-refractivity contribution < 1.29 is 27.9 Å². The summed E-state index contributed by atoms with van der Waals surface area (Å²) >= 11 is 0. The van der Waals surface area contributed by atoms with Gasteiger partial charge in [0.05, 0.1) is 24.8 Å². The molecule has 0 bridgehead atoms. The van der Waals surface area contributed by atoms with E-state index in [-0.39, 0.29) is 17.9 Å². The minimum Gasteiger partial charge on any atom is -0.460 e. The Balaban J connectivity index is 2.48. The van der Waals surface area contributed by atoms with Crippen molar-refractivity contribution in [1.82, 2.24) is 4.57 Å². The number of aromatic nitrogens is 1. The van der Waals surface area contributed by atoms with Gasteiger partial charge in [-0.05, 0) is 25.1 Å². The number of nitriles is 1. The van der Waals surface area contributed by atoms with Gasteiger partial charge >= 0.3 is 5.97 Å². The molecule has 0 atom stereocenters. The van der Waals surface area contributed by atoms with Crippen molar-refractivity contribution in [2.24, 2.45) is 7.05 Å². The zero-order chi connectivity index (χ0) is 21.0. The standard InChI is InChI=1S/C18H12F2N4O4/c1-4-28-18(27)15(25)12-13(20)14(24(3)16(12)22-2)17(26)23-10-5-6-11(19)9(7-10)8-21/h5-7H,4H2,1,3H3,(H,23,26). The van der Waals surface area contributed by atoms with Crippen LogP contribution in [-0.4, -0.2) is 28.8 Å². The van der Waals surface area contributed by atoms with Gasteiger partial charge in [0, 0.05) is 5.69 Å². The molecular formula is C18H12F2N4O4. The highest BCUT2D eigenvalue weighted by atomic mass is 19.1. The maximum atomic E-state index is 14.8. The van der Waals surface area contributed by atoms with Crippen molar-refractivity contribution in [3.05, 3.63) is 58.1 Å². The number of nitrogens with one attached hydrogen (secondary N) is 1. The number of benzene rings is 1. The number of halogens is 2. The summed E-state index contributed by atoms with van der Waals surface area (Å²) in [7, 11) is 1.17. The fraction of sp³-hybridized carbons (Fsp3) is 0.167. The average Bonchev–Trinajstić information content (AvgIpc) is 2.92. The summed E-state index contributed by atoms with van der Waals surface area (Å²) in [6.45, 7) is 8.44. The molecule has 0 saturated heterocycles. The van der Waals surface area contributed by atoms with Crippen LogP contribution in [0.2, 0.25) is 0 Å². The molecule has 0 radical (unpaired) electrons. The van der Waals surface area contributed by atoms with E-state index in [1.165, 1.54) is 14.0 Å². The minimum atomic E-state index is -1.39. The highest BCUT2D eigenvalue weighted by Crippen LogP contribution is 2.29. The summed E-state index contributed by atoms with van der Waals surface area (Å²) in [4.78, 5) is 39.2. The number of anilines is 1. The number of carbonyl (C=O) groups is 3. The number of carbonyl (C=O) groups excluding carboxylic acids is 3. The zero-order valence-electron chi connectivity index (χ0n) is 14.7. The van der Waals surface area contributed by atoms with E-state index in [1.807, 2.05) is 0 Å². The van der Waals surface area contributed by atoms with Crippen molar-refractivity contribution >= 4 is 29.2 Å². The Hall–Kier alpha value is -4.05. The van der Waals surface area contributed by atoms with Gasteiger partial charge < -0.3 is 14.9 Å². The average molecular weight is 386 g/mol. The van der Waals surface area contributed by atoms with Crippen molar-refractivity contribution in [3.8, 4) is 6.07 Å². The Morgan fingerprint density at radius 2 is 2.04 bits per heavy atom. The molecule has 1 aromatic heterocycles. The topological polar surface area (TPSA) is 106 Å². The van der Waals surface area contributed by atoms with E-state index in [4.69, 9.17) is 11.8 Å². The van der Waals surface area contributed by atoms with Gasteiger partial charge in [-0.1, -0.05) is 6.57 Å². The van der Waals surface area contributed by atoms with Crippen molar-refractivity contribution in [3.63, 3.8) is 0 Å². The first kappa shape index (κ1) is 20.3. The van der Waals surface area contributed by atoms with Gasteiger partial charge in [0.1, 0.15) is 11.9 Å². The second-order valence-corrected chi connectivity index (χ2v) is 5.34. The third-order valence-corrected chi connectivity index (χ3v) is 3.66. The molecule has 1 N–H and O–H groups in total. The third-order valence-electron chi connectivity index (χ3n) is 3.66. The molecule has 0 fully saturated rings. The molecular weight excluding hydrogens is 374 g/mol. The van der Waals surface area contributed by atoms with Crippen LogP contribution in [-0.2, 0) is 16.6 Å². The third kappa shape index (κ3) is 3.57. The van der Waals surface area contributed by atoms with Crippen LogP contribution < -0.4 is 5.32 Å². The molecule has 10 heteroatoms. The quantitative estimate of drug-likeness (QED) is 0.368. The van der Waals surface area contributed by atoms with Crippen molar-refractivity contribution in [2.45, 2.75) is 6.92 Å². The monoisotopic (exact) mass is 386 g/mol. The van der Waals surface area contributed by atoms with Crippen LogP contribution in [0, 0.1) is 29.5 Å². The molecule has 2 aromatic rings. The van der Waals surface area contributed by atoms with Gasteiger partial charge in [-0.25, -0.2) is 13.6 Å². The van der Waals surface area contributed by atoms with E-state index < -0.39 is 46.4 Å². The summed E-state index contributed by atoms with van der Waals surface area (Å²) in [6.07, 6.45) is 0. The fourth-order valence-corrected chi connectivity index (χ4v) is 2.40. The number of ketones is 1. The minimum absolute atomic E-state index is 0.00817. The summed E-state index contributed by atoms with van der Waals surface area (Å²) in [6, 6.07) is 4.72. The predicted octanol–water partition coefficient (Wildman–Crippen LogP) is 2.72. The Bertz CT molecular complexity index is 1080. The van der Waals surface area contributed by atoms with E-state index in [9.17, 15) is 23.2 Å². The maximum absolute atomic E-state index is 14.8. The lowest BCUT2D eigenvalue weighted by atomic mass is 10.1. The molecule has 1 heterocycles. The summed E-state index contributed by atoms with van der Waals surface area (Å²) in [5, 5.41) is 11.1. The maximum Gasteiger partial charge on any atom is 0.378 e. The van der Waals surface area contributed by atoms with Crippen molar-refractivity contribution in [1.29, 1.82) is 5.26 Å². The number of hydrogen-bond donors (Lipinski definition) is 1. The zero-order valence-corrected chi connectivity index (χ0v) is 14.7. The Morgan fingerprint density at radius 3 is 2.61 bits per heavy atom. The van der Waals surface area contributed by atoms with Gasteiger partial charge in [0.25, 0.3) is 11.7 Å². The Kier molecular flexibility index (Phi) is 5.86. The number of ether oxygens (including phenoxy) is 1. The van der Waals surface area contributed by atoms with E-state index in [0.29, 0.717) is 0 Å². The lowest BCUT2D eigenvalue weighted by Crippen LogP contribution is -2.19. The number of esters is 1. The molecule has 28 heavy (non-hydrogen) atoms. The van der Waals surface area contributed by atoms with Gasteiger partial charge in [0.2, 0.25) is 11.5 Å². The number of nitrogens with zero attached hydrogens (tertiary/aromatic N) is 3. The van der Waals surface area contributed by atoms with Gasteiger partial charge in [-0.3, -0.25) is 14.2 Å². The van der Waals surface area contributed by atoms with E-state index in [2.05, 4.69) is 14.9 Å². The van der Waals surface area contributed by atoms with Crippen LogP contribution in [0.4, 0.5) is 20.3 Å². The summed E-state index contributed by atoms with van der Waals surface area (Å²) < 4.78 is 33.5. The molecule has 8 nitrogen and oxygen atoms in total. The first-order valence-electron chi connectivity index (χ1n) is 7.74. The molecule has 0 aliphatic carbocycles. The summed E-state index contributed by atoms with van der Waals surface area (Å²) in [5.74, 6) is -6.55. The lowest BCUT2D eigenvalue weighted by molar-refractivity contribution is -0.137. The molecule has 1 aromatic carbocycles. The van der Waals surface area contributed by atoms with E-state index >= 15 is 0 Å². The largest absolute Gasteiger partial charge is 0.460 e. The SMILES string of the molecule is [C-]#[N+]c1c(C(=O)C(=O)OCC)c(F)c(C(=O)Nc2ccc(F)c(C#N)c2)n1C.